The highest BCUT2D eigenvalue weighted by molar-refractivity contribution is 5.90. The molecule has 1 fully saturated rings. The zero-order valence-electron chi connectivity index (χ0n) is 14.1. The predicted octanol–water partition coefficient (Wildman–Crippen LogP) is 3.15. The lowest BCUT2D eigenvalue weighted by Gasteiger charge is -2.19. The van der Waals surface area contributed by atoms with Crippen LogP contribution >= 0.6 is 12.4 Å². The van der Waals surface area contributed by atoms with Gasteiger partial charge in [-0.3, -0.25) is 4.79 Å². The van der Waals surface area contributed by atoms with Gasteiger partial charge in [0.15, 0.2) is 5.78 Å². The van der Waals surface area contributed by atoms with Crippen LogP contribution in [0.2, 0.25) is 0 Å². The number of carbonyl (C=O) groups excluding carboxylic acids is 2. The second kappa shape index (κ2) is 8.79. The zero-order chi connectivity index (χ0) is 16.9. The molecular formula is C20H22ClNO3. The van der Waals surface area contributed by atoms with E-state index in [1.165, 1.54) is 12.7 Å². The number of Topliss-reactive ketones (excluding diaryl/α,β-unsaturated/α-hetero) is 1. The van der Waals surface area contributed by atoms with E-state index in [1.807, 2.05) is 30.3 Å². The van der Waals surface area contributed by atoms with Crippen LogP contribution in [0.15, 0.2) is 54.6 Å². The third-order valence-electron chi connectivity index (χ3n) is 4.55. The largest absolute Gasteiger partial charge is 0.465 e. The summed E-state index contributed by atoms with van der Waals surface area (Å²) >= 11 is 0. The van der Waals surface area contributed by atoms with Crippen molar-refractivity contribution in [3.05, 3.63) is 71.3 Å². The normalized spacial score (nSPS) is 19.1. The molecule has 2 aromatic rings. The minimum atomic E-state index is -0.366. The molecule has 0 aliphatic carbocycles. The summed E-state index contributed by atoms with van der Waals surface area (Å²) in [6, 6.07) is 17.1. The number of hydrogen-bond acceptors (Lipinski definition) is 4. The van der Waals surface area contributed by atoms with Crippen molar-refractivity contribution in [1.82, 2.24) is 5.32 Å². The summed E-state index contributed by atoms with van der Waals surface area (Å²) in [4.78, 5) is 24.2. The number of esters is 1. The van der Waals surface area contributed by atoms with Crippen molar-refractivity contribution in [2.75, 3.05) is 13.7 Å². The van der Waals surface area contributed by atoms with E-state index >= 15 is 0 Å². The molecule has 0 unspecified atom stereocenters. The summed E-state index contributed by atoms with van der Waals surface area (Å²) in [5.41, 5.74) is 2.62. The van der Waals surface area contributed by atoms with Gasteiger partial charge in [-0.2, -0.15) is 0 Å². The second-order valence-electron chi connectivity index (χ2n) is 6.07. The van der Waals surface area contributed by atoms with Crippen LogP contribution in [0, 0.1) is 0 Å². The number of carbonyl (C=O) groups is 2. The maximum Gasteiger partial charge on any atom is 0.337 e. The fourth-order valence-corrected chi connectivity index (χ4v) is 3.29. The van der Waals surface area contributed by atoms with Crippen molar-refractivity contribution < 1.29 is 14.3 Å². The zero-order valence-corrected chi connectivity index (χ0v) is 14.9. The summed E-state index contributed by atoms with van der Waals surface area (Å²) in [6.45, 7) is 0.858. The molecule has 1 heterocycles. The highest BCUT2D eigenvalue weighted by Crippen LogP contribution is 2.28. The van der Waals surface area contributed by atoms with Gasteiger partial charge in [0.05, 0.1) is 18.7 Å². The fraction of sp³-hybridized carbons (Fsp3) is 0.300. The van der Waals surface area contributed by atoms with Crippen LogP contribution in [0.1, 0.15) is 33.8 Å². The number of ketones is 1. The molecule has 0 aromatic heterocycles. The predicted molar refractivity (Wildman–Crippen MR) is 99.3 cm³/mol. The van der Waals surface area contributed by atoms with Crippen molar-refractivity contribution in [3.63, 3.8) is 0 Å². The van der Waals surface area contributed by atoms with E-state index < -0.39 is 0 Å². The minimum Gasteiger partial charge on any atom is -0.465 e. The fourth-order valence-electron chi connectivity index (χ4n) is 3.29. The lowest BCUT2D eigenvalue weighted by atomic mass is 9.88. The number of ether oxygens (including phenoxy) is 1. The molecule has 0 amide bonds. The van der Waals surface area contributed by atoms with E-state index in [0.29, 0.717) is 12.0 Å². The molecule has 25 heavy (non-hydrogen) atoms. The number of hydrogen-bond donors (Lipinski definition) is 1. The van der Waals surface area contributed by atoms with Crippen LogP contribution in [0.3, 0.4) is 0 Å². The van der Waals surface area contributed by atoms with E-state index in [1.54, 1.807) is 12.1 Å². The first-order chi connectivity index (χ1) is 11.7. The summed E-state index contributed by atoms with van der Waals surface area (Å²) in [7, 11) is 1.36. The maximum absolute atomic E-state index is 12.7. The number of benzene rings is 2. The SMILES string of the molecule is COC(=O)c1ccc(CC(=O)[C@@H]2NCC[C@H]2c2ccccc2)cc1.Cl. The van der Waals surface area contributed by atoms with Crippen LogP contribution in [0.25, 0.3) is 0 Å². The van der Waals surface area contributed by atoms with Crippen LogP contribution in [-0.2, 0) is 16.0 Å². The van der Waals surface area contributed by atoms with Gasteiger partial charge in [-0.05, 0) is 36.2 Å². The minimum absolute atomic E-state index is 0. The standard InChI is InChI=1S/C20H21NO3.ClH/c1-24-20(23)16-9-7-14(8-10-16)13-18(22)19-17(11-12-21-19)15-5-3-2-4-6-15;/h2-10,17,19,21H,11-13H2,1H3;1H/t17-,19+;/m0./s1. The molecule has 0 saturated carbocycles. The number of rotatable bonds is 5. The smallest absolute Gasteiger partial charge is 0.337 e. The van der Waals surface area contributed by atoms with Crippen LogP contribution in [0.4, 0.5) is 0 Å². The average Bonchev–Trinajstić information content (AvgIpc) is 3.12. The molecule has 0 bridgehead atoms. The van der Waals surface area contributed by atoms with Crippen molar-refractivity contribution in [3.8, 4) is 0 Å². The van der Waals surface area contributed by atoms with Gasteiger partial charge in [-0.25, -0.2) is 4.79 Å². The topological polar surface area (TPSA) is 55.4 Å². The summed E-state index contributed by atoms with van der Waals surface area (Å²) < 4.78 is 4.69. The lowest BCUT2D eigenvalue weighted by Crippen LogP contribution is -2.35. The number of halogens is 1. The van der Waals surface area contributed by atoms with Gasteiger partial charge >= 0.3 is 5.97 Å². The molecule has 1 saturated heterocycles. The maximum atomic E-state index is 12.7. The van der Waals surface area contributed by atoms with Gasteiger partial charge in [0.1, 0.15) is 0 Å². The van der Waals surface area contributed by atoms with E-state index in [9.17, 15) is 9.59 Å². The second-order valence-corrected chi connectivity index (χ2v) is 6.07. The van der Waals surface area contributed by atoms with Crippen molar-refractivity contribution in [1.29, 1.82) is 0 Å². The summed E-state index contributed by atoms with van der Waals surface area (Å²) in [6.07, 6.45) is 1.34. The third-order valence-corrected chi connectivity index (χ3v) is 4.55. The van der Waals surface area contributed by atoms with Crippen molar-refractivity contribution in [2.45, 2.75) is 24.8 Å². The number of nitrogens with one attached hydrogen (secondary N) is 1. The molecule has 1 aliphatic rings. The Balaban J connectivity index is 0.00000225. The third kappa shape index (κ3) is 4.47. The lowest BCUT2D eigenvalue weighted by molar-refractivity contribution is -0.120. The Morgan fingerprint density at radius 1 is 1.08 bits per heavy atom. The molecule has 2 atom stereocenters. The van der Waals surface area contributed by atoms with Gasteiger partial charge < -0.3 is 10.1 Å². The first-order valence-corrected chi connectivity index (χ1v) is 8.17. The summed E-state index contributed by atoms with van der Waals surface area (Å²) in [5.74, 6) is 0.0506. The average molecular weight is 360 g/mol. The van der Waals surface area contributed by atoms with E-state index in [-0.39, 0.29) is 36.1 Å². The van der Waals surface area contributed by atoms with E-state index in [2.05, 4.69) is 22.2 Å². The Morgan fingerprint density at radius 2 is 1.76 bits per heavy atom. The van der Waals surface area contributed by atoms with Gasteiger partial charge in [-0.1, -0.05) is 42.5 Å². The highest BCUT2D eigenvalue weighted by Gasteiger charge is 2.33. The molecule has 5 heteroatoms. The van der Waals surface area contributed by atoms with Crippen LogP contribution < -0.4 is 5.32 Å². The van der Waals surface area contributed by atoms with Crippen molar-refractivity contribution >= 4 is 24.2 Å². The van der Waals surface area contributed by atoms with Crippen LogP contribution in [-0.4, -0.2) is 31.4 Å². The van der Waals surface area contributed by atoms with Gasteiger partial charge in [0, 0.05) is 12.3 Å². The molecule has 3 rings (SSSR count). The molecule has 1 N–H and O–H groups in total. The molecule has 4 nitrogen and oxygen atoms in total. The molecule has 132 valence electrons. The molecule has 0 radical (unpaired) electrons. The first-order valence-electron chi connectivity index (χ1n) is 8.17. The Kier molecular flexibility index (Phi) is 6.73. The Morgan fingerprint density at radius 3 is 2.40 bits per heavy atom. The Bertz CT molecular complexity index is 715. The van der Waals surface area contributed by atoms with Gasteiger partial charge in [-0.15, -0.1) is 12.4 Å². The summed E-state index contributed by atoms with van der Waals surface area (Å²) in [5, 5.41) is 3.34. The quantitative estimate of drug-likeness (QED) is 0.833. The molecule has 0 spiro atoms. The van der Waals surface area contributed by atoms with E-state index in [0.717, 1.165) is 18.5 Å². The Hall–Kier alpha value is -2.17. The van der Waals surface area contributed by atoms with Crippen LogP contribution in [0.5, 0.6) is 0 Å². The van der Waals surface area contributed by atoms with Crippen molar-refractivity contribution in [2.24, 2.45) is 0 Å². The molecule has 1 aliphatic heterocycles. The van der Waals surface area contributed by atoms with E-state index in [4.69, 9.17) is 0 Å². The molecule has 2 aromatic carbocycles. The highest BCUT2D eigenvalue weighted by atomic mass is 35.5. The first kappa shape index (κ1) is 19.2. The van der Waals surface area contributed by atoms with Gasteiger partial charge in [0.2, 0.25) is 0 Å². The Labute approximate surface area is 154 Å². The monoisotopic (exact) mass is 359 g/mol. The molecular weight excluding hydrogens is 338 g/mol. The van der Waals surface area contributed by atoms with Gasteiger partial charge in [0.25, 0.3) is 0 Å². The number of methoxy groups -OCH3 is 1.